The number of carbonyl (C=O) groups is 1. The van der Waals surface area contributed by atoms with Crippen LogP contribution in [0.5, 0.6) is 0 Å². The maximum Gasteiger partial charge on any atom is 0.508 e. The fourth-order valence-electron chi connectivity index (χ4n) is 1.15. The van der Waals surface area contributed by atoms with Gasteiger partial charge in [-0.25, -0.2) is 4.79 Å². The van der Waals surface area contributed by atoms with E-state index in [0.29, 0.717) is 6.61 Å². The molecule has 0 spiro atoms. The Morgan fingerprint density at radius 3 is 3.00 bits per heavy atom. The first kappa shape index (κ1) is 9.26. The third-order valence-electron chi connectivity index (χ3n) is 1.71. The van der Waals surface area contributed by atoms with Gasteiger partial charge in [-0.3, -0.25) is 0 Å². The maximum absolute atomic E-state index is 10.6. The number of thiophene rings is 1. The van der Waals surface area contributed by atoms with Crippen LogP contribution in [0.2, 0.25) is 0 Å². The Labute approximate surface area is 93.2 Å². The monoisotopic (exact) mass is 310 g/mol. The lowest BCUT2D eigenvalue weighted by molar-refractivity contribution is 0.118. The fraction of sp³-hybridized carbons (Fsp3) is 0.375. The Kier molecular flexibility index (Phi) is 2.73. The van der Waals surface area contributed by atoms with Crippen molar-refractivity contribution in [1.82, 2.24) is 0 Å². The van der Waals surface area contributed by atoms with Crippen molar-refractivity contribution in [2.75, 3.05) is 6.61 Å². The van der Waals surface area contributed by atoms with Gasteiger partial charge < -0.3 is 9.47 Å². The molecule has 0 aromatic carbocycles. The third-order valence-corrected chi connectivity index (χ3v) is 3.62. The van der Waals surface area contributed by atoms with Gasteiger partial charge in [0.1, 0.15) is 12.7 Å². The van der Waals surface area contributed by atoms with Gasteiger partial charge in [-0.1, -0.05) is 0 Å². The molecule has 1 saturated heterocycles. The first-order chi connectivity index (χ1) is 6.24. The Morgan fingerprint density at radius 2 is 2.46 bits per heavy atom. The summed E-state index contributed by atoms with van der Waals surface area (Å²) in [7, 11) is 0. The van der Waals surface area contributed by atoms with Crippen molar-refractivity contribution in [1.29, 1.82) is 0 Å². The van der Waals surface area contributed by atoms with Crippen LogP contribution in [0.1, 0.15) is 4.88 Å². The molecular weight excluding hydrogens is 303 g/mol. The molecule has 0 amide bonds. The van der Waals surface area contributed by atoms with Crippen LogP contribution in [0.15, 0.2) is 12.1 Å². The molecule has 1 aliphatic heterocycles. The molecule has 0 bridgehead atoms. The van der Waals surface area contributed by atoms with E-state index < -0.39 is 6.16 Å². The quantitative estimate of drug-likeness (QED) is 0.622. The molecule has 70 valence electrons. The van der Waals surface area contributed by atoms with Gasteiger partial charge in [0, 0.05) is 11.3 Å². The lowest BCUT2D eigenvalue weighted by Crippen LogP contribution is -2.12. The smallest absolute Gasteiger partial charge is 0.430 e. The van der Waals surface area contributed by atoms with Gasteiger partial charge >= 0.3 is 6.16 Å². The van der Waals surface area contributed by atoms with E-state index in [1.165, 1.54) is 7.76 Å². The molecule has 13 heavy (non-hydrogen) atoms. The molecule has 0 saturated carbocycles. The highest BCUT2D eigenvalue weighted by atomic mass is 127. The summed E-state index contributed by atoms with van der Waals surface area (Å²) in [5.41, 5.74) is 0. The van der Waals surface area contributed by atoms with Gasteiger partial charge in [-0.05, 0) is 34.7 Å². The fourth-order valence-corrected chi connectivity index (χ4v) is 2.97. The minimum absolute atomic E-state index is 0.0954. The standard InChI is InChI=1S/C8H7IO3S/c9-7-2-1-6(13-7)3-5-4-11-8(10)12-5/h1-2,5H,3-4H2. The average Bonchev–Trinajstić information content (AvgIpc) is 2.62. The van der Waals surface area contributed by atoms with Crippen molar-refractivity contribution in [2.45, 2.75) is 12.5 Å². The molecule has 1 aromatic heterocycles. The first-order valence-corrected chi connectivity index (χ1v) is 5.71. The van der Waals surface area contributed by atoms with E-state index in [-0.39, 0.29) is 6.10 Å². The van der Waals surface area contributed by atoms with Gasteiger partial charge in [-0.2, -0.15) is 0 Å². The second-order valence-corrected chi connectivity index (χ2v) is 5.77. The van der Waals surface area contributed by atoms with Crippen LogP contribution < -0.4 is 0 Å². The Morgan fingerprint density at radius 1 is 1.62 bits per heavy atom. The number of cyclic esters (lactones) is 2. The second kappa shape index (κ2) is 3.83. The van der Waals surface area contributed by atoms with Crippen molar-refractivity contribution in [3.8, 4) is 0 Å². The molecule has 3 nitrogen and oxygen atoms in total. The Bertz CT molecular complexity index is 323. The summed E-state index contributed by atoms with van der Waals surface area (Å²) in [6, 6.07) is 4.11. The highest BCUT2D eigenvalue weighted by Crippen LogP contribution is 2.21. The van der Waals surface area contributed by atoms with Crippen LogP contribution in [0, 0.1) is 2.88 Å². The summed E-state index contributed by atoms with van der Waals surface area (Å²) in [4.78, 5) is 11.8. The first-order valence-electron chi connectivity index (χ1n) is 3.81. The molecule has 1 aromatic rings. The molecule has 2 rings (SSSR count). The summed E-state index contributed by atoms with van der Waals surface area (Å²) >= 11 is 3.99. The van der Waals surface area contributed by atoms with E-state index in [2.05, 4.69) is 39.5 Å². The van der Waals surface area contributed by atoms with E-state index in [1.807, 2.05) is 0 Å². The van der Waals surface area contributed by atoms with Crippen LogP contribution in [-0.4, -0.2) is 18.9 Å². The third kappa shape index (κ3) is 2.34. The topological polar surface area (TPSA) is 35.5 Å². The zero-order valence-corrected chi connectivity index (χ0v) is 9.63. The maximum atomic E-state index is 10.6. The number of halogens is 1. The number of carbonyl (C=O) groups excluding carboxylic acids is 1. The van der Waals surface area contributed by atoms with E-state index in [9.17, 15) is 4.79 Å². The lowest BCUT2D eigenvalue weighted by atomic mass is 10.2. The Balaban J connectivity index is 1.95. The van der Waals surface area contributed by atoms with Crippen LogP contribution in [0.25, 0.3) is 0 Å². The average molecular weight is 310 g/mol. The molecule has 0 N–H and O–H groups in total. The number of rotatable bonds is 2. The molecule has 1 atom stereocenters. The molecule has 1 fully saturated rings. The van der Waals surface area contributed by atoms with E-state index in [0.717, 1.165) is 6.42 Å². The van der Waals surface area contributed by atoms with Crippen LogP contribution in [0.3, 0.4) is 0 Å². The second-order valence-electron chi connectivity index (χ2n) is 2.71. The van der Waals surface area contributed by atoms with Crippen LogP contribution in [-0.2, 0) is 15.9 Å². The summed E-state index contributed by atoms with van der Waals surface area (Å²) in [5.74, 6) is 0. The molecule has 2 heterocycles. The van der Waals surface area contributed by atoms with E-state index in [4.69, 9.17) is 4.74 Å². The molecule has 1 unspecified atom stereocenters. The highest BCUT2D eigenvalue weighted by Gasteiger charge is 2.25. The molecule has 1 aliphatic rings. The summed E-state index contributed by atoms with van der Waals surface area (Å²) in [6.07, 6.45) is 0.123. The van der Waals surface area contributed by atoms with E-state index in [1.54, 1.807) is 11.3 Å². The van der Waals surface area contributed by atoms with Crippen molar-refractivity contribution < 1.29 is 14.3 Å². The number of hydrogen-bond acceptors (Lipinski definition) is 4. The van der Waals surface area contributed by atoms with Crippen molar-refractivity contribution in [3.05, 3.63) is 19.9 Å². The lowest BCUT2D eigenvalue weighted by Gasteiger charge is -2.02. The number of ether oxygens (including phenoxy) is 2. The summed E-state index contributed by atoms with van der Waals surface area (Å²) in [5, 5.41) is 0. The van der Waals surface area contributed by atoms with Gasteiger partial charge in [0.2, 0.25) is 0 Å². The zero-order chi connectivity index (χ0) is 9.26. The minimum Gasteiger partial charge on any atom is -0.430 e. The van der Waals surface area contributed by atoms with E-state index >= 15 is 0 Å². The van der Waals surface area contributed by atoms with Crippen LogP contribution >= 0.6 is 33.9 Å². The van der Waals surface area contributed by atoms with Gasteiger partial charge in [-0.15, -0.1) is 11.3 Å². The van der Waals surface area contributed by atoms with Gasteiger partial charge in [0.15, 0.2) is 0 Å². The van der Waals surface area contributed by atoms with Gasteiger partial charge in [0.05, 0.1) is 2.88 Å². The Hall–Kier alpha value is -0.300. The zero-order valence-electron chi connectivity index (χ0n) is 6.66. The minimum atomic E-state index is -0.545. The molecular formula is C8H7IO3S. The normalized spacial score (nSPS) is 21.3. The van der Waals surface area contributed by atoms with Crippen molar-refractivity contribution >= 4 is 40.1 Å². The highest BCUT2D eigenvalue weighted by molar-refractivity contribution is 14.1. The SMILES string of the molecule is O=C1OCC(Cc2ccc(I)s2)O1. The van der Waals surface area contributed by atoms with Crippen molar-refractivity contribution in [2.24, 2.45) is 0 Å². The predicted molar refractivity (Wildman–Crippen MR) is 57.0 cm³/mol. The van der Waals surface area contributed by atoms with Crippen molar-refractivity contribution in [3.63, 3.8) is 0 Å². The molecule has 0 radical (unpaired) electrons. The predicted octanol–water partition coefficient (Wildman–Crippen LogP) is 2.43. The summed E-state index contributed by atoms with van der Waals surface area (Å²) in [6.45, 7) is 0.382. The number of hydrogen-bond donors (Lipinski definition) is 0. The summed E-state index contributed by atoms with van der Waals surface area (Å²) < 4.78 is 10.9. The van der Waals surface area contributed by atoms with Crippen LogP contribution in [0.4, 0.5) is 4.79 Å². The molecule has 0 aliphatic carbocycles. The largest absolute Gasteiger partial charge is 0.508 e. The van der Waals surface area contributed by atoms with Gasteiger partial charge in [0.25, 0.3) is 0 Å². The molecule has 5 heteroatoms.